The molecule has 2 aliphatic rings. The Morgan fingerprint density at radius 3 is 2.42 bits per heavy atom. The molecule has 2 atom stereocenters. The normalized spacial score (nSPS) is 24.1. The number of benzene rings is 1. The second-order valence-corrected chi connectivity index (χ2v) is 8.67. The van der Waals surface area contributed by atoms with Gasteiger partial charge in [0.15, 0.2) is 0 Å². The summed E-state index contributed by atoms with van der Waals surface area (Å²) in [6, 6.07) is 5.19. The minimum atomic E-state index is -0.466. The third-order valence-corrected chi connectivity index (χ3v) is 6.61. The van der Waals surface area contributed by atoms with Gasteiger partial charge < -0.3 is 10.2 Å². The highest BCUT2D eigenvalue weighted by Crippen LogP contribution is 2.41. The van der Waals surface area contributed by atoms with Crippen molar-refractivity contribution in [1.82, 2.24) is 10.2 Å². The summed E-state index contributed by atoms with van der Waals surface area (Å²) < 4.78 is 13.2. The summed E-state index contributed by atoms with van der Waals surface area (Å²) in [6.45, 7) is 3.84. The number of nitrogens with zero attached hydrogens (tertiary/aromatic N) is 1. The average molecular weight is 379 g/mol. The zero-order chi connectivity index (χ0) is 18.7. The standard InChI is InChI=1S/C20H27FN2O2S/c1-13(2)22-18(24)17-12-26-20(15-6-4-3-5-7-15)23(17)19(25)14-8-10-16(21)11-9-14/h8-11,13,15,17,20H,3-7,12H2,1-2H3,(H,22,24)/t17-,20+/m1/s1. The lowest BCUT2D eigenvalue weighted by molar-refractivity contribution is -0.125. The summed E-state index contributed by atoms with van der Waals surface area (Å²) in [7, 11) is 0. The maximum atomic E-state index is 13.2. The number of hydrogen-bond donors (Lipinski definition) is 1. The molecule has 1 aliphatic carbocycles. The summed E-state index contributed by atoms with van der Waals surface area (Å²) >= 11 is 1.72. The van der Waals surface area contributed by atoms with Crippen molar-refractivity contribution in [3.63, 3.8) is 0 Å². The lowest BCUT2D eigenvalue weighted by Gasteiger charge is -2.35. The zero-order valence-electron chi connectivity index (χ0n) is 15.4. The predicted octanol–water partition coefficient (Wildman–Crippen LogP) is 3.81. The number of thioether (sulfide) groups is 1. The molecule has 3 rings (SSSR count). The molecule has 0 bridgehead atoms. The summed E-state index contributed by atoms with van der Waals surface area (Å²) in [6.07, 6.45) is 5.82. The van der Waals surface area contributed by atoms with Gasteiger partial charge in [-0.15, -0.1) is 11.8 Å². The molecule has 1 aromatic carbocycles. The van der Waals surface area contributed by atoms with E-state index in [9.17, 15) is 14.0 Å². The van der Waals surface area contributed by atoms with Crippen LogP contribution in [-0.2, 0) is 4.79 Å². The molecule has 2 amide bonds. The number of halogens is 1. The smallest absolute Gasteiger partial charge is 0.255 e. The molecular weight excluding hydrogens is 351 g/mol. The highest BCUT2D eigenvalue weighted by atomic mass is 32.2. The fourth-order valence-electron chi connectivity index (χ4n) is 3.89. The molecule has 142 valence electrons. The predicted molar refractivity (Wildman–Crippen MR) is 102 cm³/mol. The van der Waals surface area contributed by atoms with E-state index in [1.54, 1.807) is 16.7 Å². The highest BCUT2D eigenvalue weighted by Gasteiger charge is 2.45. The van der Waals surface area contributed by atoms with Crippen LogP contribution in [-0.4, -0.2) is 39.9 Å². The van der Waals surface area contributed by atoms with Crippen molar-refractivity contribution in [2.24, 2.45) is 5.92 Å². The molecule has 1 saturated carbocycles. The van der Waals surface area contributed by atoms with Crippen LogP contribution in [0.2, 0.25) is 0 Å². The van der Waals surface area contributed by atoms with Gasteiger partial charge in [0.1, 0.15) is 11.9 Å². The maximum Gasteiger partial charge on any atom is 0.255 e. The number of nitrogens with one attached hydrogen (secondary N) is 1. The molecular formula is C20H27FN2O2S. The topological polar surface area (TPSA) is 49.4 Å². The molecule has 1 heterocycles. The molecule has 1 N–H and O–H groups in total. The van der Waals surface area contributed by atoms with Crippen molar-refractivity contribution in [1.29, 1.82) is 0 Å². The Kier molecular flexibility index (Phi) is 6.22. The van der Waals surface area contributed by atoms with E-state index >= 15 is 0 Å². The number of hydrogen-bond acceptors (Lipinski definition) is 3. The largest absolute Gasteiger partial charge is 0.352 e. The van der Waals surface area contributed by atoms with Crippen LogP contribution < -0.4 is 5.32 Å². The highest BCUT2D eigenvalue weighted by molar-refractivity contribution is 8.00. The Morgan fingerprint density at radius 2 is 1.81 bits per heavy atom. The van der Waals surface area contributed by atoms with Gasteiger partial charge in [-0.05, 0) is 56.9 Å². The Balaban J connectivity index is 1.86. The van der Waals surface area contributed by atoms with Gasteiger partial charge in [-0.3, -0.25) is 9.59 Å². The Bertz CT molecular complexity index is 644. The van der Waals surface area contributed by atoms with Crippen LogP contribution in [0.3, 0.4) is 0 Å². The fraction of sp³-hybridized carbons (Fsp3) is 0.600. The summed E-state index contributed by atoms with van der Waals surface area (Å²) in [4.78, 5) is 27.7. The first-order chi connectivity index (χ1) is 12.5. The second-order valence-electron chi connectivity index (χ2n) is 7.52. The number of rotatable bonds is 4. The molecule has 0 unspecified atom stereocenters. The Labute approximate surface area is 158 Å². The lowest BCUT2D eigenvalue weighted by Crippen LogP contribution is -2.52. The van der Waals surface area contributed by atoms with Gasteiger partial charge in [0.25, 0.3) is 5.91 Å². The van der Waals surface area contributed by atoms with E-state index < -0.39 is 6.04 Å². The first-order valence-corrected chi connectivity index (χ1v) is 10.5. The first kappa shape index (κ1) is 19.2. The monoisotopic (exact) mass is 378 g/mol. The van der Waals surface area contributed by atoms with Crippen molar-refractivity contribution in [3.05, 3.63) is 35.6 Å². The SMILES string of the molecule is CC(C)NC(=O)[C@H]1CS[C@@H](C2CCCCC2)N1C(=O)c1ccc(F)cc1. The number of carbonyl (C=O) groups is 2. The quantitative estimate of drug-likeness (QED) is 0.867. The average Bonchev–Trinajstić information content (AvgIpc) is 3.07. The van der Waals surface area contributed by atoms with Gasteiger partial charge in [0.05, 0.1) is 5.37 Å². The van der Waals surface area contributed by atoms with Crippen molar-refractivity contribution < 1.29 is 14.0 Å². The second kappa shape index (κ2) is 8.42. The van der Waals surface area contributed by atoms with Gasteiger partial charge >= 0.3 is 0 Å². The third kappa shape index (κ3) is 4.22. The summed E-state index contributed by atoms with van der Waals surface area (Å²) in [5.74, 6) is 0.410. The van der Waals surface area contributed by atoms with Crippen molar-refractivity contribution >= 4 is 23.6 Å². The number of amides is 2. The molecule has 1 aromatic rings. The van der Waals surface area contributed by atoms with Crippen LogP contribution in [0.5, 0.6) is 0 Å². The zero-order valence-corrected chi connectivity index (χ0v) is 16.2. The van der Waals surface area contributed by atoms with Gasteiger partial charge in [-0.2, -0.15) is 0 Å². The van der Waals surface area contributed by atoms with Gasteiger partial charge in [-0.1, -0.05) is 19.3 Å². The minimum absolute atomic E-state index is 0.0239. The van der Waals surface area contributed by atoms with Gasteiger partial charge in [0.2, 0.25) is 5.91 Å². The van der Waals surface area contributed by atoms with E-state index in [0.29, 0.717) is 17.2 Å². The van der Waals surface area contributed by atoms with E-state index in [-0.39, 0.29) is 29.0 Å². The molecule has 2 fully saturated rings. The van der Waals surface area contributed by atoms with Crippen LogP contribution in [0.15, 0.2) is 24.3 Å². The van der Waals surface area contributed by atoms with Crippen molar-refractivity contribution in [2.45, 2.75) is 63.4 Å². The van der Waals surface area contributed by atoms with E-state index in [1.165, 1.54) is 43.5 Å². The van der Waals surface area contributed by atoms with Crippen LogP contribution in [0.25, 0.3) is 0 Å². The third-order valence-electron chi connectivity index (χ3n) is 5.15. The molecule has 4 nitrogen and oxygen atoms in total. The summed E-state index contributed by atoms with van der Waals surface area (Å²) in [5, 5.41) is 2.97. The van der Waals surface area contributed by atoms with Crippen molar-refractivity contribution in [2.75, 3.05) is 5.75 Å². The molecule has 6 heteroatoms. The fourth-order valence-corrected chi connectivity index (χ4v) is 5.53. The van der Waals surface area contributed by atoms with E-state index in [1.807, 2.05) is 13.8 Å². The molecule has 0 radical (unpaired) electrons. The molecule has 1 aliphatic heterocycles. The molecule has 1 saturated heterocycles. The molecule has 0 spiro atoms. The first-order valence-electron chi connectivity index (χ1n) is 9.47. The summed E-state index contributed by atoms with van der Waals surface area (Å²) in [5.41, 5.74) is 0.442. The lowest BCUT2D eigenvalue weighted by atomic mass is 9.88. The van der Waals surface area contributed by atoms with Gasteiger partial charge in [0, 0.05) is 17.4 Å². The Morgan fingerprint density at radius 1 is 1.15 bits per heavy atom. The molecule has 26 heavy (non-hydrogen) atoms. The minimum Gasteiger partial charge on any atom is -0.352 e. The molecule has 0 aromatic heterocycles. The van der Waals surface area contributed by atoms with Gasteiger partial charge in [-0.25, -0.2) is 4.39 Å². The van der Waals surface area contributed by atoms with Crippen LogP contribution in [0.1, 0.15) is 56.3 Å². The maximum absolute atomic E-state index is 13.2. The van der Waals surface area contributed by atoms with E-state index in [0.717, 1.165) is 12.8 Å². The van der Waals surface area contributed by atoms with Crippen LogP contribution in [0, 0.1) is 11.7 Å². The van der Waals surface area contributed by atoms with Crippen LogP contribution >= 0.6 is 11.8 Å². The van der Waals surface area contributed by atoms with E-state index in [4.69, 9.17) is 0 Å². The van der Waals surface area contributed by atoms with Crippen LogP contribution in [0.4, 0.5) is 4.39 Å². The van der Waals surface area contributed by atoms with Crippen molar-refractivity contribution in [3.8, 4) is 0 Å². The van der Waals surface area contributed by atoms with E-state index in [2.05, 4.69) is 5.32 Å². The Hall–Kier alpha value is -1.56. The number of carbonyl (C=O) groups excluding carboxylic acids is 2.